The summed E-state index contributed by atoms with van der Waals surface area (Å²) in [4.78, 5) is 0. The second kappa shape index (κ2) is 6.48. The SMILES string of the molecule is CCCC(C)C(N)Cc1ccc(I)cc1. The number of benzene rings is 1. The second-order valence-electron chi connectivity index (χ2n) is 4.26. The highest BCUT2D eigenvalue weighted by molar-refractivity contribution is 14.1. The summed E-state index contributed by atoms with van der Waals surface area (Å²) in [5.41, 5.74) is 7.52. The van der Waals surface area contributed by atoms with Crippen molar-refractivity contribution in [2.24, 2.45) is 11.7 Å². The van der Waals surface area contributed by atoms with Crippen LogP contribution < -0.4 is 5.73 Å². The predicted octanol–water partition coefficient (Wildman–Crippen LogP) is 3.60. The molecule has 1 rings (SSSR count). The summed E-state index contributed by atoms with van der Waals surface area (Å²) in [5, 5.41) is 0. The predicted molar refractivity (Wildman–Crippen MR) is 74.9 cm³/mol. The summed E-state index contributed by atoms with van der Waals surface area (Å²) < 4.78 is 1.28. The van der Waals surface area contributed by atoms with Crippen molar-refractivity contribution in [3.8, 4) is 0 Å². The molecule has 15 heavy (non-hydrogen) atoms. The fourth-order valence-electron chi connectivity index (χ4n) is 1.76. The molecule has 0 heterocycles. The van der Waals surface area contributed by atoms with Crippen LogP contribution in [-0.2, 0) is 6.42 Å². The first-order valence-electron chi connectivity index (χ1n) is 5.63. The van der Waals surface area contributed by atoms with Crippen LogP contribution in [0.1, 0.15) is 32.3 Å². The monoisotopic (exact) mass is 317 g/mol. The summed E-state index contributed by atoms with van der Waals surface area (Å²) in [6.07, 6.45) is 3.45. The quantitative estimate of drug-likeness (QED) is 0.825. The maximum absolute atomic E-state index is 6.17. The Kier molecular flexibility index (Phi) is 5.61. The molecule has 0 aliphatic heterocycles. The zero-order valence-corrected chi connectivity index (χ0v) is 11.7. The van der Waals surface area contributed by atoms with Crippen LogP contribution in [0.25, 0.3) is 0 Å². The van der Waals surface area contributed by atoms with Crippen molar-refractivity contribution >= 4 is 22.6 Å². The Hall–Kier alpha value is -0.0900. The number of hydrogen-bond acceptors (Lipinski definition) is 1. The van der Waals surface area contributed by atoms with Gasteiger partial charge in [-0.15, -0.1) is 0 Å². The lowest BCUT2D eigenvalue weighted by Gasteiger charge is -2.19. The second-order valence-corrected chi connectivity index (χ2v) is 5.51. The molecule has 0 spiro atoms. The van der Waals surface area contributed by atoms with E-state index in [1.165, 1.54) is 22.0 Å². The minimum Gasteiger partial charge on any atom is -0.327 e. The van der Waals surface area contributed by atoms with E-state index in [0.717, 1.165) is 6.42 Å². The molecule has 1 aromatic carbocycles. The largest absolute Gasteiger partial charge is 0.327 e. The molecule has 0 aliphatic rings. The van der Waals surface area contributed by atoms with Crippen LogP contribution in [0.4, 0.5) is 0 Å². The topological polar surface area (TPSA) is 26.0 Å². The van der Waals surface area contributed by atoms with Crippen LogP contribution in [0.15, 0.2) is 24.3 Å². The minimum absolute atomic E-state index is 0.296. The van der Waals surface area contributed by atoms with E-state index in [2.05, 4.69) is 60.7 Å². The third-order valence-electron chi connectivity index (χ3n) is 2.86. The first kappa shape index (κ1) is 13.0. The van der Waals surface area contributed by atoms with Crippen LogP contribution in [0.2, 0.25) is 0 Å². The number of hydrogen-bond donors (Lipinski definition) is 1. The van der Waals surface area contributed by atoms with Gasteiger partial charge in [-0.05, 0) is 59.0 Å². The summed E-state index contributed by atoms with van der Waals surface area (Å²) in [7, 11) is 0. The molecular formula is C13H20IN. The number of halogens is 1. The molecule has 2 N–H and O–H groups in total. The van der Waals surface area contributed by atoms with Gasteiger partial charge in [-0.3, -0.25) is 0 Å². The van der Waals surface area contributed by atoms with Gasteiger partial charge in [0, 0.05) is 9.61 Å². The molecule has 0 saturated carbocycles. The van der Waals surface area contributed by atoms with Gasteiger partial charge in [-0.1, -0.05) is 32.4 Å². The van der Waals surface area contributed by atoms with E-state index in [4.69, 9.17) is 5.73 Å². The van der Waals surface area contributed by atoms with Gasteiger partial charge < -0.3 is 5.73 Å². The molecule has 2 unspecified atom stereocenters. The van der Waals surface area contributed by atoms with Gasteiger partial charge in [0.25, 0.3) is 0 Å². The first-order valence-corrected chi connectivity index (χ1v) is 6.71. The van der Waals surface area contributed by atoms with Crippen LogP contribution in [0, 0.1) is 9.49 Å². The third-order valence-corrected chi connectivity index (χ3v) is 3.58. The van der Waals surface area contributed by atoms with Crippen molar-refractivity contribution < 1.29 is 0 Å². The smallest absolute Gasteiger partial charge is 0.0130 e. The van der Waals surface area contributed by atoms with Gasteiger partial charge in [0.15, 0.2) is 0 Å². The Morgan fingerprint density at radius 2 is 1.87 bits per heavy atom. The summed E-state index contributed by atoms with van der Waals surface area (Å²) in [6.45, 7) is 4.47. The Morgan fingerprint density at radius 1 is 1.27 bits per heavy atom. The van der Waals surface area contributed by atoms with Crippen molar-refractivity contribution in [3.63, 3.8) is 0 Å². The number of rotatable bonds is 5. The van der Waals surface area contributed by atoms with Crippen molar-refractivity contribution in [2.45, 2.75) is 39.2 Å². The van der Waals surface area contributed by atoms with Gasteiger partial charge in [-0.2, -0.15) is 0 Å². The molecule has 2 atom stereocenters. The Morgan fingerprint density at radius 3 is 2.40 bits per heavy atom. The van der Waals surface area contributed by atoms with E-state index in [1.54, 1.807) is 0 Å². The standard InChI is InChI=1S/C13H20IN/c1-3-4-10(2)13(15)9-11-5-7-12(14)8-6-11/h5-8,10,13H,3-4,9,15H2,1-2H3. The summed E-state index contributed by atoms with van der Waals surface area (Å²) in [6, 6.07) is 8.95. The van der Waals surface area contributed by atoms with Crippen molar-refractivity contribution in [1.82, 2.24) is 0 Å². The highest BCUT2D eigenvalue weighted by Gasteiger charge is 2.11. The van der Waals surface area contributed by atoms with E-state index >= 15 is 0 Å². The maximum atomic E-state index is 6.17. The van der Waals surface area contributed by atoms with E-state index in [1.807, 2.05) is 0 Å². The minimum atomic E-state index is 0.296. The van der Waals surface area contributed by atoms with Gasteiger partial charge in [0.2, 0.25) is 0 Å². The molecular weight excluding hydrogens is 297 g/mol. The first-order chi connectivity index (χ1) is 7.13. The highest BCUT2D eigenvalue weighted by atomic mass is 127. The van der Waals surface area contributed by atoms with E-state index < -0.39 is 0 Å². The van der Waals surface area contributed by atoms with Gasteiger partial charge in [0.1, 0.15) is 0 Å². The molecule has 1 nitrogen and oxygen atoms in total. The number of nitrogens with two attached hydrogens (primary N) is 1. The van der Waals surface area contributed by atoms with E-state index in [0.29, 0.717) is 12.0 Å². The molecule has 1 aromatic rings. The van der Waals surface area contributed by atoms with E-state index in [9.17, 15) is 0 Å². The molecule has 0 aromatic heterocycles. The van der Waals surface area contributed by atoms with Crippen LogP contribution in [-0.4, -0.2) is 6.04 Å². The molecule has 0 saturated heterocycles. The van der Waals surface area contributed by atoms with Crippen LogP contribution in [0.5, 0.6) is 0 Å². The van der Waals surface area contributed by atoms with Gasteiger partial charge in [0.05, 0.1) is 0 Å². The van der Waals surface area contributed by atoms with E-state index in [-0.39, 0.29) is 0 Å². The van der Waals surface area contributed by atoms with Crippen molar-refractivity contribution in [3.05, 3.63) is 33.4 Å². The molecule has 0 fully saturated rings. The lowest BCUT2D eigenvalue weighted by Crippen LogP contribution is -2.30. The molecule has 84 valence electrons. The van der Waals surface area contributed by atoms with Crippen molar-refractivity contribution in [1.29, 1.82) is 0 Å². The maximum Gasteiger partial charge on any atom is 0.0130 e. The average molecular weight is 317 g/mol. The zero-order chi connectivity index (χ0) is 11.3. The van der Waals surface area contributed by atoms with Gasteiger partial charge >= 0.3 is 0 Å². The summed E-state index contributed by atoms with van der Waals surface area (Å²) >= 11 is 2.33. The Bertz CT molecular complexity index is 281. The van der Waals surface area contributed by atoms with Gasteiger partial charge in [-0.25, -0.2) is 0 Å². The average Bonchev–Trinajstić information content (AvgIpc) is 2.22. The highest BCUT2D eigenvalue weighted by Crippen LogP contribution is 2.14. The Balaban J connectivity index is 2.50. The molecule has 0 radical (unpaired) electrons. The van der Waals surface area contributed by atoms with Crippen LogP contribution in [0.3, 0.4) is 0 Å². The molecule has 2 heteroatoms. The lowest BCUT2D eigenvalue weighted by atomic mass is 9.92. The lowest BCUT2D eigenvalue weighted by molar-refractivity contribution is 0.420. The third kappa shape index (κ3) is 4.51. The fourth-order valence-corrected chi connectivity index (χ4v) is 2.12. The zero-order valence-electron chi connectivity index (χ0n) is 9.54. The molecule has 0 amide bonds. The van der Waals surface area contributed by atoms with Crippen molar-refractivity contribution in [2.75, 3.05) is 0 Å². The van der Waals surface area contributed by atoms with Crippen LogP contribution >= 0.6 is 22.6 Å². The Labute approximate surface area is 107 Å². The molecule has 0 bridgehead atoms. The normalized spacial score (nSPS) is 14.9. The fraction of sp³-hybridized carbons (Fsp3) is 0.538. The summed E-state index contributed by atoms with van der Waals surface area (Å²) in [5.74, 6) is 0.620. The molecule has 0 aliphatic carbocycles.